The van der Waals surface area contributed by atoms with Gasteiger partial charge in [-0.3, -0.25) is 9.88 Å². The Morgan fingerprint density at radius 3 is 2.80 bits per heavy atom. The van der Waals surface area contributed by atoms with E-state index < -0.39 is 0 Å². The lowest BCUT2D eigenvalue weighted by Gasteiger charge is -2.20. The van der Waals surface area contributed by atoms with Crippen LogP contribution in [0.2, 0.25) is 0 Å². The third-order valence-corrected chi connectivity index (χ3v) is 3.87. The molecule has 1 aromatic heterocycles. The largest absolute Gasteiger partial charge is 0.309 e. The molecule has 0 saturated carbocycles. The lowest BCUT2D eigenvalue weighted by atomic mass is 10.1. The van der Waals surface area contributed by atoms with E-state index >= 15 is 0 Å². The van der Waals surface area contributed by atoms with E-state index in [2.05, 4.69) is 52.5 Å². The predicted molar refractivity (Wildman–Crippen MR) is 81.0 cm³/mol. The van der Waals surface area contributed by atoms with Gasteiger partial charge in [0.2, 0.25) is 0 Å². The predicted octanol–water partition coefficient (Wildman–Crippen LogP) is 2.71. The number of hydrogen-bond acceptors (Lipinski definition) is 3. The number of pyridine rings is 1. The van der Waals surface area contributed by atoms with Crippen molar-refractivity contribution >= 4 is 0 Å². The van der Waals surface area contributed by atoms with Gasteiger partial charge in [-0.1, -0.05) is 31.2 Å². The molecule has 0 fully saturated rings. The number of aromatic nitrogens is 1. The van der Waals surface area contributed by atoms with Crippen LogP contribution >= 0.6 is 0 Å². The zero-order valence-corrected chi connectivity index (χ0v) is 12.0. The van der Waals surface area contributed by atoms with Gasteiger partial charge in [-0.05, 0) is 35.4 Å². The molecule has 1 aliphatic rings. The van der Waals surface area contributed by atoms with Crippen molar-refractivity contribution in [3.05, 3.63) is 65.0 Å². The molecule has 20 heavy (non-hydrogen) atoms. The van der Waals surface area contributed by atoms with Gasteiger partial charge >= 0.3 is 0 Å². The van der Waals surface area contributed by atoms with Crippen LogP contribution in [0.25, 0.3) is 0 Å². The van der Waals surface area contributed by atoms with Crippen LogP contribution in [-0.4, -0.2) is 16.4 Å². The Labute approximate surface area is 120 Å². The van der Waals surface area contributed by atoms with Crippen LogP contribution in [0.1, 0.15) is 29.3 Å². The molecule has 3 heteroatoms. The van der Waals surface area contributed by atoms with E-state index in [4.69, 9.17) is 0 Å². The van der Waals surface area contributed by atoms with E-state index in [-0.39, 0.29) is 0 Å². The maximum absolute atomic E-state index is 4.41. The first-order valence-corrected chi connectivity index (χ1v) is 7.29. The first kappa shape index (κ1) is 13.3. The highest BCUT2D eigenvalue weighted by Gasteiger charge is 2.11. The number of fused-ring (bicyclic) bond motifs is 1. The Kier molecular flexibility index (Phi) is 4.09. The van der Waals surface area contributed by atoms with Gasteiger partial charge in [0.05, 0.1) is 5.69 Å². The molecule has 3 nitrogen and oxygen atoms in total. The van der Waals surface area contributed by atoms with E-state index in [0.29, 0.717) is 0 Å². The van der Waals surface area contributed by atoms with Crippen molar-refractivity contribution in [1.82, 2.24) is 15.2 Å². The average Bonchev–Trinajstić information content (AvgIpc) is 2.95. The third-order valence-electron chi connectivity index (χ3n) is 3.87. The summed E-state index contributed by atoms with van der Waals surface area (Å²) in [5.41, 5.74) is 5.43. The minimum atomic E-state index is 0.909. The molecule has 0 atom stereocenters. The molecule has 1 aliphatic heterocycles. The van der Waals surface area contributed by atoms with Crippen molar-refractivity contribution < 1.29 is 0 Å². The summed E-state index contributed by atoms with van der Waals surface area (Å²) in [5.74, 6) is 0. The van der Waals surface area contributed by atoms with Gasteiger partial charge in [0.15, 0.2) is 0 Å². The quantitative estimate of drug-likeness (QED) is 0.903. The monoisotopic (exact) mass is 267 g/mol. The van der Waals surface area contributed by atoms with E-state index in [1.807, 2.05) is 12.3 Å². The molecule has 1 aromatic carbocycles. The second-order valence-electron chi connectivity index (χ2n) is 5.33. The van der Waals surface area contributed by atoms with Crippen molar-refractivity contribution in [3.63, 3.8) is 0 Å². The van der Waals surface area contributed by atoms with Crippen molar-refractivity contribution in [2.75, 3.05) is 6.54 Å². The van der Waals surface area contributed by atoms with Crippen LogP contribution in [0.4, 0.5) is 0 Å². The fraction of sp³-hybridized carbons (Fsp3) is 0.353. The summed E-state index contributed by atoms with van der Waals surface area (Å²) in [5, 5.41) is 3.40. The summed E-state index contributed by atoms with van der Waals surface area (Å²) in [6, 6.07) is 13.0. The number of benzene rings is 1. The topological polar surface area (TPSA) is 28.2 Å². The van der Waals surface area contributed by atoms with Gasteiger partial charge < -0.3 is 5.32 Å². The molecule has 3 rings (SSSR count). The fourth-order valence-corrected chi connectivity index (χ4v) is 2.70. The van der Waals surface area contributed by atoms with Crippen LogP contribution in [0.3, 0.4) is 0 Å². The van der Waals surface area contributed by atoms with Gasteiger partial charge in [-0.15, -0.1) is 0 Å². The van der Waals surface area contributed by atoms with Gasteiger partial charge in [-0.2, -0.15) is 0 Å². The molecule has 0 bridgehead atoms. The standard InChI is InChI=1S/C17H21N3/c1-2-20(13-17-5-3-4-8-19-17)12-14-6-7-15-10-18-11-16(15)9-14/h3-9,18H,2,10-13H2,1H3. The summed E-state index contributed by atoms with van der Waals surface area (Å²) in [6.07, 6.45) is 1.87. The summed E-state index contributed by atoms with van der Waals surface area (Å²) >= 11 is 0. The minimum absolute atomic E-state index is 0.909. The molecule has 0 unspecified atom stereocenters. The lowest BCUT2D eigenvalue weighted by molar-refractivity contribution is 0.268. The second kappa shape index (κ2) is 6.16. The first-order chi connectivity index (χ1) is 9.85. The summed E-state index contributed by atoms with van der Waals surface area (Å²) < 4.78 is 0. The minimum Gasteiger partial charge on any atom is -0.309 e. The molecule has 0 spiro atoms. The molecular formula is C17H21N3. The maximum Gasteiger partial charge on any atom is 0.0544 e. The van der Waals surface area contributed by atoms with Crippen molar-refractivity contribution in [2.24, 2.45) is 0 Å². The second-order valence-corrected chi connectivity index (χ2v) is 5.33. The molecule has 2 heterocycles. The van der Waals surface area contributed by atoms with Crippen LogP contribution in [0.15, 0.2) is 42.6 Å². The zero-order chi connectivity index (χ0) is 13.8. The fourth-order valence-electron chi connectivity index (χ4n) is 2.70. The first-order valence-electron chi connectivity index (χ1n) is 7.29. The highest BCUT2D eigenvalue weighted by atomic mass is 15.1. The highest BCUT2D eigenvalue weighted by Crippen LogP contribution is 2.18. The Hall–Kier alpha value is -1.71. The smallest absolute Gasteiger partial charge is 0.0544 e. The zero-order valence-electron chi connectivity index (χ0n) is 12.0. The Morgan fingerprint density at radius 1 is 1.10 bits per heavy atom. The molecule has 1 N–H and O–H groups in total. The van der Waals surface area contributed by atoms with Crippen LogP contribution in [0.5, 0.6) is 0 Å². The number of rotatable bonds is 5. The lowest BCUT2D eigenvalue weighted by Crippen LogP contribution is -2.22. The maximum atomic E-state index is 4.41. The molecule has 0 radical (unpaired) electrons. The molecule has 104 valence electrons. The number of nitrogens with one attached hydrogen (secondary N) is 1. The van der Waals surface area contributed by atoms with E-state index in [1.165, 1.54) is 16.7 Å². The number of nitrogens with zero attached hydrogens (tertiary/aromatic N) is 2. The van der Waals surface area contributed by atoms with E-state index in [1.54, 1.807) is 0 Å². The molecule has 2 aromatic rings. The summed E-state index contributed by atoms with van der Waals surface area (Å²) in [4.78, 5) is 6.84. The Bertz CT molecular complexity index is 566. The van der Waals surface area contributed by atoms with Crippen molar-refractivity contribution in [1.29, 1.82) is 0 Å². The summed E-state index contributed by atoms with van der Waals surface area (Å²) in [7, 11) is 0. The highest BCUT2D eigenvalue weighted by molar-refractivity contribution is 5.34. The van der Waals surface area contributed by atoms with E-state index in [0.717, 1.165) is 38.4 Å². The van der Waals surface area contributed by atoms with Crippen molar-refractivity contribution in [2.45, 2.75) is 33.1 Å². The van der Waals surface area contributed by atoms with E-state index in [9.17, 15) is 0 Å². The molecular weight excluding hydrogens is 246 g/mol. The van der Waals surface area contributed by atoms with Gasteiger partial charge in [0, 0.05) is 32.4 Å². The average molecular weight is 267 g/mol. The molecule has 0 amide bonds. The Balaban J connectivity index is 1.68. The van der Waals surface area contributed by atoms with Crippen molar-refractivity contribution in [3.8, 4) is 0 Å². The SMILES string of the molecule is CCN(Cc1ccc2c(c1)CNC2)Cc1ccccn1. The molecule has 0 saturated heterocycles. The van der Waals surface area contributed by atoms with Crippen LogP contribution in [-0.2, 0) is 26.2 Å². The van der Waals surface area contributed by atoms with Crippen LogP contribution in [0, 0.1) is 0 Å². The van der Waals surface area contributed by atoms with Crippen LogP contribution < -0.4 is 5.32 Å². The van der Waals surface area contributed by atoms with Gasteiger partial charge in [0.25, 0.3) is 0 Å². The third kappa shape index (κ3) is 3.06. The Morgan fingerprint density at radius 2 is 2.00 bits per heavy atom. The summed E-state index contributed by atoms with van der Waals surface area (Å²) in [6.45, 7) is 7.16. The number of hydrogen-bond donors (Lipinski definition) is 1. The van der Waals surface area contributed by atoms with Gasteiger partial charge in [-0.25, -0.2) is 0 Å². The normalized spacial score (nSPS) is 13.7. The van der Waals surface area contributed by atoms with Gasteiger partial charge in [0.1, 0.15) is 0 Å². The molecule has 0 aliphatic carbocycles.